The highest BCUT2D eigenvalue weighted by molar-refractivity contribution is 7.14. The van der Waals surface area contributed by atoms with E-state index in [0.717, 1.165) is 15.6 Å². The Balaban J connectivity index is 2.06. The van der Waals surface area contributed by atoms with Crippen LogP contribution in [0.4, 0.5) is 0 Å². The molecule has 0 fully saturated rings. The molecule has 0 saturated carbocycles. The van der Waals surface area contributed by atoms with Gasteiger partial charge in [-0.3, -0.25) is 0 Å². The molecule has 2 heterocycles. The summed E-state index contributed by atoms with van der Waals surface area (Å²) in [6.07, 6.45) is 3.58. The van der Waals surface area contributed by atoms with E-state index in [1.807, 2.05) is 13.1 Å². The number of aryl methyl sites for hydroxylation is 1. The number of oxazole rings is 1. The van der Waals surface area contributed by atoms with E-state index < -0.39 is 0 Å². The zero-order valence-electron chi connectivity index (χ0n) is 10.6. The second kappa shape index (κ2) is 4.58. The highest BCUT2D eigenvalue weighted by Crippen LogP contribution is 2.26. The van der Waals surface area contributed by atoms with Gasteiger partial charge in [0, 0.05) is 11.7 Å². The van der Waals surface area contributed by atoms with Crippen molar-refractivity contribution in [1.82, 2.24) is 15.3 Å². The minimum atomic E-state index is 0.0652. The Bertz CT molecular complexity index is 496. The SMILES string of the molecule is Cc1ncc(-c2cnc(CNC(C)(C)C)o2)s1. The van der Waals surface area contributed by atoms with Crippen LogP contribution in [-0.2, 0) is 6.54 Å². The largest absolute Gasteiger partial charge is 0.438 e. The van der Waals surface area contributed by atoms with Crippen LogP contribution in [0.3, 0.4) is 0 Å². The molecule has 0 aromatic carbocycles. The normalized spacial score (nSPS) is 12.0. The fraction of sp³-hybridized carbons (Fsp3) is 0.500. The van der Waals surface area contributed by atoms with Crippen LogP contribution in [0, 0.1) is 6.92 Å². The minimum absolute atomic E-state index is 0.0652. The summed E-state index contributed by atoms with van der Waals surface area (Å²) in [5.41, 5.74) is 0.0652. The van der Waals surface area contributed by atoms with Crippen molar-refractivity contribution in [1.29, 1.82) is 0 Å². The van der Waals surface area contributed by atoms with Crippen LogP contribution in [0.25, 0.3) is 10.6 Å². The number of nitrogens with one attached hydrogen (secondary N) is 1. The van der Waals surface area contributed by atoms with Gasteiger partial charge in [0.1, 0.15) is 0 Å². The highest BCUT2D eigenvalue weighted by atomic mass is 32.1. The summed E-state index contributed by atoms with van der Waals surface area (Å²) >= 11 is 1.61. The van der Waals surface area contributed by atoms with E-state index >= 15 is 0 Å². The first kappa shape index (κ1) is 12.3. The summed E-state index contributed by atoms with van der Waals surface area (Å²) in [6, 6.07) is 0. The Morgan fingerprint density at radius 1 is 1.29 bits per heavy atom. The zero-order valence-corrected chi connectivity index (χ0v) is 11.4. The van der Waals surface area contributed by atoms with Gasteiger partial charge >= 0.3 is 0 Å². The quantitative estimate of drug-likeness (QED) is 0.911. The van der Waals surface area contributed by atoms with Crippen molar-refractivity contribution >= 4 is 11.3 Å². The molecule has 2 rings (SSSR count). The van der Waals surface area contributed by atoms with Crippen molar-refractivity contribution in [3.05, 3.63) is 23.3 Å². The molecule has 0 aliphatic heterocycles. The molecule has 1 N–H and O–H groups in total. The van der Waals surface area contributed by atoms with Crippen molar-refractivity contribution < 1.29 is 4.42 Å². The average Bonchev–Trinajstić information content (AvgIpc) is 2.81. The van der Waals surface area contributed by atoms with Crippen molar-refractivity contribution in [2.45, 2.75) is 39.8 Å². The predicted octanol–water partition coefficient (Wildman–Crippen LogP) is 2.99. The van der Waals surface area contributed by atoms with Gasteiger partial charge in [-0.05, 0) is 27.7 Å². The minimum Gasteiger partial charge on any atom is -0.438 e. The fourth-order valence-corrected chi connectivity index (χ4v) is 2.05. The summed E-state index contributed by atoms with van der Waals surface area (Å²) < 4.78 is 5.68. The van der Waals surface area contributed by atoms with E-state index in [1.54, 1.807) is 17.5 Å². The number of aromatic nitrogens is 2. The van der Waals surface area contributed by atoms with Crippen LogP contribution in [0.15, 0.2) is 16.8 Å². The summed E-state index contributed by atoms with van der Waals surface area (Å²) in [6.45, 7) is 8.96. The fourth-order valence-electron chi connectivity index (χ4n) is 1.32. The lowest BCUT2D eigenvalue weighted by molar-refractivity contribution is 0.384. The lowest BCUT2D eigenvalue weighted by atomic mass is 10.1. The van der Waals surface area contributed by atoms with Crippen LogP contribution in [0.5, 0.6) is 0 Å². The Morgan fingerprint density at radius 3 is 2.65 bits per heavy atom. The molecule has 0 saturated heterocycles. The van der Waals surface area contributed by atoms with Gasteiger partial charge < -0.3 is 9.73 Å². The predicted molar refractivity (Wildman–Crippen MR) is 68.9 cm³/mol. The van der Waals surface area contributed by atoms with Crippen molar-refractivity contribution in [2.75, 3.05) is 0 Å². The molecular formula is C12H17N3OS. The zero-order chi connectivity index (χ0) is 12.5. The Morgan fingerprint density at radius 2 is 2.06 bits per heavy atom. The molecule has 0 aliphatic carbocycles. The maximum Gasteiger partial charge on any atom is 0.208 e. The van der Waals surface area contributed by atoms with E-state index in [-0.39, 0.29) is 5.54 Å². The molecule has 17 heavy (non-hydrogen) atoms. The molecule has 0 bridgehead atoms. The topological polar surface area (TPSA) is 51.0 Å². The second-order valence-electron chi connectivity index (χ2n) is 4.97. The van der Waals surface area contributed by atoms with Crippen LogP contribution >= 0.6 is 11.3 Å². The van der Waals surface area contributed by atoms with Gasteiger partial charge in [0.2, 0.25) is 5.89 Å². The third-order valence-electron chi connectivity index (χ3n) is 2.19. The molecular weight excluding hydrogens is 234 g/mol. The molecule has 2 aromatic heterocycles. The number of hydrogen-bond acceptors (Lipinski definition) is 5. The lowest BCUT2D eigenvalue weighted by Crippen LogP contribution is -2.35. The summed E-state index contributed by atoms with van der Waals surface area (Å²) in [4.78, 5) is 9.48. The number of nitrogens with zero attached hydrogens (tertiary/aromatic N) is 2. The second-order valence-corrected chi connectivity index (χ2v) is 6.20. The molecule has 92 valence electrons. The molecule has 0 unspecified atom stereocenters. The van der Waals surface area contributed by atoms with Crippen LogP contribution in [0.2, 0.25) is 0 Å². The molecule has 0 amide bonds. The van der Waals surface area contributed by atoms with E-state index in [4.69, 9.17) is 4.42 Å². The van der Waals surface area contributed by atoms with Gasteiger partial charge in [-0.2, -0.15) is 0 Å². The van der Waals surface area contributed by atoms with Crippen molar-refractivity contribution in [2.24, 2.45) is 0 Å². The molecule has 4 nitrogen and oxygen atoms in total. The van der Waals surface area contributed by atoms with Crippen LogP contribution < -0.4 is 5.32 Å². The standard InChI is InChI=1S/C12H17N3OS/c1-8-13-6-10(17-8)9-5-14-11(16-9)7-15-12(2,3)4/h5-6,15H,7H2,1-4H3. The van der Waals surface area contributed by atoms with Crippen LogP contribution in [-0.4, -0.2) is 15.5 Å². The smallest absolute Gasteiger partial charge is 0.208 e. The molecule has 0 aliphatic rings. The maximum absolute atomic E-state index is 5.68. The molecule has 0 radical (unpaired) electrons. The van der Waals surface area contributed by atoms with Gasteiger partial charge in [0.25, 0.3) is 0 Å². The van der Waals surface area contributed by atoms with E-state index in [0.29, 0.717) is 12.4 Å². The summed E-state index contributed by atoms with van der Waals surface area (Å²) in [7, 11) is 0. The molecule has 0 spiro atoms. The summed E-state index contributed by atoms with van der Waals surface area (Å²) in [5, 5.41) is 4.37. The van der Waals surface area contributed by atoms with E-state index in [2.05, 4.69) is 36.1 Å². The van der Waals surface area contributed by atoms with E-state index in [1.165, 1.54) is 0 Å². The highest BCUT2D eigenvalue weighted by Gasteiger charge is 2.12. The third-order valence-corrected chi connectivity index (χ3v) is 3.11. The van der Waals surface area contributed by atoms with Gasteiger partial charge in [-0.15, -0.1) is 11.3 Å². The first-order valence-corrected chi connectivity index (χ1v) is 6.38. The molecule has 0 atom stereocenters. The monoisotopic (exact) mass is 251 g/mol. The van der Waals surface area contributed by atoms with Gasteiger partial charge in [-0.1, -0.05) is 0 Å². The number of thiazole rings is 1. The Labute approximate surface area is 105 Å². The maximum atomic E-state index is 5.68. The van der Waals surface area contributed by atoms with Gasteiger partial charge in [-0.25, -0.2) is 9.97 Å². The van der Waals surface area contributed by atoms with E-state index in [9.17, 15) is 0 Å². The lowest BCUT2D eigenvalue weighted by Gasteiger charge is -2.18. The first-order valence-electron chi connectivity index (χ1n) is 5.56. The molecule has 2 aromatic rings. The Hall–Kier alpha value is -1.20. The Kier molecular flexibility index (Phi) is 3.31. The van der Waals surface area contributed by atoms with Gasteiger partial charge in [0.05, 0.1) is 22.6 Å². The van der Waals surface area contributed by atoms with Crippen molar-refractivity contribution in [3.8, 4) is 10.6 Å². The number of hydrogen-bond donors (Lipinski definition) is 1. The third kappa shape index (κ3) is 3.38. The van der Waals surface area contributed by atoms with Crippen LogP contribution in [0.1, 0.15) is 31.7 Å². The summed E-state index contributed by atoms with van der Waals surface area (Å²) in [5.74, 6) is 1.50. The van der Waals surface area contributed by atoms with Gasteiger partial charge in [0.15, 0.2) is 5.76 Å². The first-order chi connectivity index (χ1) is 7.94. The molecule has 5 heteroatoms. The average molecular weight is 251 g/mol. The van der Waals surface area contributed by atoms with Crippen molar-refractivity contribution in [3.63, 3.8) is 0 Å². The number of rotatable bonds is 3.